The van der Waals surface area contributed by atoms with E-state index >= 15 is 0 Å². The number of aryl methyl sites for hydroxylation is 1. The molecule has 2 fully saturated rings. The smallest absolute Gasteiger partial charge is 0.336 e. The van der Waals surface area contributed by atoms with E-state index in [1.807, 2.05) is 30.4 Å². The third-order valence-corrected chi connectivity index (χ3v) is 5.32. The van der Waals surface area contributed by atoms with Crippen molar-refractivity contribution in [1.29, 1.82) is 0 Å². The summed E-state index contributed by atoms with van der Waals surface area (Å²) in [4.78, 5) is 11.6. The first-order chi connectivity index (χ1) is 12.0. The molecule has 1 aromatic carbocycles. The SMILES string of the molecule is O=C1C[C@@H]2[C@H](C=C[C@@H](O)CCc3ccccc3)[C@H](OB(P)P)C[C@@H]2O1. The molecule has 3 rings (SSSR count). The van der Waals surface area contributed by atoms with Crippen LogP contribution in [0.1, 0.15) is 24.8 Å². The molecular formula is C18H25BO4P2. The van der Waals surface area contributed by atoms with Gasteiger partial charge in [-0.2, -0.15) is 0 Å². The Morgan fingerprint density at radius 1 is 1.36 bits per heavy atom. The Morgan fingerprint density at radius 3 is 2.84 bits per heavy atom. The van der Waals surface area contributed by atoms with Gasteiger partial charge in [0.25, 0.3) is 0 Å². The first-order valence-corrected chi connectivity index (χ1v) is 10.1. The molecule has 1 N–H and O–H groups in total. The van der Waals surface area contributed by atoms with Crippen LogP contribution in [0.4, 0.5) is 0 Å². The molecule has 1 aliphatic carbocycles. The van der Waals surface area contributed by atoms with Crippen LogP contribution < -0.4 is 0 Å². The minimum absolute atomic E-state index is 0.0145. The zero-order chi connectivity index (χ0) is 17.8. The van der Waals surface area contributed by atoms with Crippen molar-refractivity contribution >= 4 is 30.6 Å². The van der Waals surface area contributed by atoms with Gasteiger partial charge in [0.05, 0.1) is 18.6 Å². The average molecular weight is 378 g/mol. The molecule has 2 unspecified atom stereocenters. The summed E-state index contributed by atoms with van der Waals surface area (Å²) in [6.07, 6.45) is 6.01. The van der Waals surface area contributed by atoms with Crippen LogP contribution >= 0.6 is 18.2 Å². The van der Waals surface area contributed by atoms with Gasteiger partial charge in [-0.3, -0.25) is 4.79 Å². The molecule has 7 heteroatoms. The fourth-order valence-corrected chi connectivity index (χ4v) is 4.23. The first-order valence-electron chi connectivity index (χ1n) is 8.79. The average Bonchev–Trinajstić information content (AvgIpc) is 3.07. The number of aliphatic hydroxyl groups excluding tert-OH is 1. The zero-order valence-electron chi connectivity index (χ0n) is 14.2. The largest absolute Gasteiger partial charge is 0.462 e. The van der Waals surface area contributed by atoms with Crippen molar-refractivity contribution in [1.82, 2.24) is 0 Å². The normalized spacial score (nSPS) is 29.6. The van der Waals surface area contributed by atoms with E-state index in [4.69, 9.17) is 9.39 Å². The van der Waals surface area contributed by atoms with Gasteiger partial charge in [-0.05, 0) is 18.4 Å². The standard InChI is InChI=1S/C18H25BO4P2/c20-13(7-6-12-4-2-1-3-5-12)8-9-14-15-10-18(21)22-16(15)11-17(14)23-19(24)25/h1-5,8-9,13-17,20H,6-7,10-11,24-25H2/t13-,14-,15+,16-,17+/m0/s1. The second kappa shape index (κ2) is 8.78. The number of aliphatic hydroxyl groups is 1. The van der Waals surface area contributed by atoms with Crippen LogP contribution in [0.25, 0.3) is 0 Å². The molecule has 0 amide bonds. The fourth-order valence-electron chi connectivity index (χ4n) is 3.82. The minimum atomic E-state index is -0.499. The van der Waals surface area contributed by atoms with Gasteiger partial charge < -0.3 is 14.5 Å². The summed E-state index contributed by atoms with van der Waals surface area (Å²) in [5.74, 6) is 0.139. The summed E-state index contributed by atoms with van der Waals surface area (Å²) in [6.45, 7) is 0. The molecule has 0 radical (unpaired) electrons. The molecule has 2 aliphatic rings. The van der Waals surface area contributed by atoms with E-state index in [2.05, 4.69) is 30.4 Å². The molecule has 1 heterocycles. The van der Waals surface area contributed by atoms with E-state index in [1.165, 1.54) is 5.56 Å². The second-order valence-electron chi connectivity index (χ2n) is 6.83. The second-order valence-corrected chi connectivity index (χ2v) is 8.91. The van der Waals surface area contributed by atoms with E-state index in [1.54, 1.807) is 0 Å². The molecule has 1 saturated carbocycles. The highest BCUT2D eigenvalue weighted by Crippen LogP contribution is 2.44. The number of esters is 1. The van der Waals surface area contributed by atoms with E-state index in [9.17, 15) is 9.90 Å². The number of carbonyl (C=O) groups excluding carboxylic acids is 1. The first kappa shape index (κ1) is 19.0. The fraction of sp³-hybridized carbons (Fsp3) is 0.500. The molecule has 7 atom stereocenters. The Kier molecular flexibility index (Phi) is 6.69. The highest BCUT2D eigenvalue weighted by molar-refractivity contribution is 7.92. The number of hydrogen-bond acceptors (Lipinski definition) is 4. The maximum Gasteiger partial charge on any atom is 0.336 e. The minimum Gasteiger partial charge on any atom is -0.462 e. The summed E-state index contributed by atoms with van der Waals surface area (Å²) in [5, 5.41) is 10.3. The van der Waals surface area contributed by atoms with Crippen LogP contribution in [-0.2, 0) is 20.6 Å². The van der Waals surface area contributed by atoms with E-state index in [0.29, 0.717) is 12.8 Å². The predicted molar refractivity (Wildman–Crippen MR) is 106 cm³/mol. The van der Waals surface area contributed by atoms with Crippen molar-refractivity contribution in [3.8, 4) is 0 Å². The van der Waals surface area contributed by atoms with Crippen LogP contribution in [0.15, 0.2) is 42.5 Å². The zero-order valence-corrected chi connectivity index (χ0v) is 16.5. The Morgan fingerprint density at radius 2 is 2.12 bits per heavy atom. The van der Waals surface area contributed by atoms with Crippen molar-refractivity contribution < 1.29 is 19.3 Å². The number of ether oxygens (including phenoxy) is 1. The molecule has 0 aromatic heterocycles. The Bertz CT molecular complexity index is 610. The van der Waals surface area contributed by atoms with Crippen molar-refractivity contribution in [3.63, 3.8) is 0 Å². The molecule has 1 aromatic rings. The van der Waals surface area contributed by atoms with Crippen LogP contribution in [0, 0.1) is 11.8 Å². The molecule has 0 spiro atoms. The van der Waals surface area contributed by atoms with E-state index < -0.39 is 6.10 Å². The van der Waals surface area contributed by atoms with Gasteiger partial charge in [0, 0.05) is 18.3 Å². The molecule has 0 bridgehead atoms. The summed E-state index contributed by atoms with van der Waals surface area (Å²) in [6, 6.07) is 10.2. The van der Waals surface area contributed by atoms with Crippen molar-refractivity contribution in [3.05, 3.63) is 48.0 Å². The highest BCUT2D eigenvalue weighted by atomic mass is 31.1. The molecule has 1 aliphatic heterocycles. The Balaban J connectivity index is 1.59. The van der Waals surface area contributed by atoms with Crippen LogP contribution in [-0.4, -0.2) is 35.7 Å². The molecule has 25 heavy (non-hydrogen) atoms. The number of carbonyl (C=O) groups is 1. The van der Waals surface area contributed by atoms with Crippen molar-refractivity contribution in [2.45, 2.75) is 44.0 Å². The third-order valence-electron chi connectivity index (χ3n) is 5.01. The number of hydrogen-bond donors (Lipinski definition) is 1. The predicted octanol–water partition coefficient (Wildman–Crippen LogP) is 2.61. The lowest BCUT2D eigenvalue weighted by atomic mass is 9.91. The summed E-state index contributed by atoms with van der Waals surface area (Å²) in [7, 11) is 5.22. The van der Waals surface area contributed by atoms with Crippen LogP contribution in [0.5, 0.6) is 0 Å². The van der Waals surface area contributed by atoms with E-state index in [0.717, 1.165) is 12.8 Å². The molecule has 4 nitrogen and oxygen atoms in total. The summed E-state index contributed by atoms with van der Waals surface area (Å²) < 4.78 is 11.4. The van der Waals surface area contributed by atoms with Gasteiger partial charge in [-0.25, -0.2) is 0 Å². The lowest BCUT2D eigenvalue weighted by Gasteiger charge is -2.22. The van der Waals surface area contributed by atoms with Gasteiger partial charge in [-0.15, -0.1) is 18.2 Å². The number of rotatable bonds is 7. The third kappa shape index (κ3) is 5.14. The van der Waals surface area contributed by atoms with Crippen molar-refractivity contribution in [2.24, 2.45) is 11.8 Å². The molecule has 1 saturated heterocycles. The maximum atomic E-state index is 11.6. The van der Waals surface area contributed by atoms with Gasteiger partial charge in [-0.1, -0.05) is 42.5 Å². The van der Waals surface area contributed by atoms with E-state index in [-0.39, 0.29) is 36.4 Å². The number of benzene rings is 1. The van der Waals surface area contributed by atoms with Crippen LogP contribution in [0.3, 0.4) is 0 Å². The lowest BCUT2D eigenvalue weighted by Crippen LogP contribution is -2.24. The lowest BCUT2D eigenvalue weighted by molar-refractivity contribution is -0.141. The number of fused-ring (bicyclic) bond motifs is 1. The van der Waals surface area contributed by atoms with Gasteiger partial charge in [0.2, 0.25) is 0 Å². The Hall–Kier alpha value is -0.725. The molecular weight excluding hydrogens is 353 g/mol. The summed E-state index contributed by atoms with van der Waals surface area (Å²) >= 11 is 0. The summed E-state index contributed by atoms with van der Waals surface area (Å²) in [5.41, 5.74) is 1.22. The maximum absolute atomic E-state index is 11.6. The van der Waals surface area contributed by atoms with Crippen LogP contribution in [0.2, 0.25) is 0 Å². The monoisotopic (exact) mass is 378 g/mol. The van der Waals surface area contributed by atoms with Gasteiger partial charge in [0.15, 0.2) is 0 Å². The van der Waals surface area contributed by atoms with Crippen molar-refractivity contribution in [2.75, 3.05) is 0 Å². The molecule has 134 valence electrons. The van der Waals surface area contributed by atoms with Gasteiger partial charge in [0.1, 0.15) is 6.10 Å². The quantitative estimate of drug-likeness (QED) is 0.343. The Labute approximate surface area is 154 Å². The topological polar surface area (TPSA) is 55.8 Å². The highest BCUT2D eigenvalue weighted by Gasteiger charge is 2.49. The van der Waals surface area contributed by atoms with Gasteiger partial charge >= 0.3 is 12.3 Å².